The van der Waals surface area contributed by atoms with Gasteiger partial charge in [0.2, 0.25) is 5.91 Å². The van der Waals surface area contributed by atoms with Gasteiger partial charge in [0.05, 0.1) is 22.6 Å². The van der Waals surface area contributed by atoms with E-state index in [0.29, 0.717) is 18.4 Å². The molecule has 6 rings (SSSR count). The van der Waals surface area contributed by atoms with E-state index in [1.54, 1.807) is 23.8 Å². The lowest BCUT2D eigenvalue weighted by Crippen LogP contribution is -2.51. The normalized spacial score (nSPS) is 21.4. The number of phenols is 1. The molecule has 2 aromatic carbocycles. The molecule has 1 unspecified atom stereocenters. The summed E-state index contributed by atoms with van der Waals surface area (Å²) in [6, 6.07) is 4.80. The van der Waals surface area contributed by atoms with Crippen LogP contribution in [0.3, 0.4) is 0 Å². The Morgan fingerprint density at radius 1 is 1.27 bits per heavy atom. The molecule has 2 aliphatic rings. The van der Waals surface area contributed by atoms with Crippen LogP contribution in [-0.4, -0.2) is 98.9 Å². The maximum atomic E-state index is 16.8. The van der Waals surface area contributed by atoms with Gasteiger partial charge in [-0.15, -0.1) is 6.42 Å². The number of ether oxygens (including phenoxy) is 1. The predicted octanol–water partition coefficient (Wildman–Crippen LogP) is 4.65. The Morgan fingerprint density at radius 2 is 2.06 bits per heavy atom. The number of hydrogen-bond donors (Lipinski definition) is 2. The molecular formula is C36H38F2N6O4. The molecule has 2 aliphatic heterocycles. The molecule has 1 amide bonds. The summed E-state index contributed by atoms with van der Waals surface area (Å²) in [5, 5.41) is 22.6. The number of piperidine rings is 1. The standard InChI is InChI=1S/C36H38F2N6O4/c1-6-24-27(37)12-11-21-16-23(45)17-25(30(21)24)32-31(38)33-26(18-39-32)34(41-35(40-33)48-20-22-10-8-9-14-42(22)4)43(5)19-28-36(3,47)13-15-44(28)29(46)7-2/h1,7,11-12,16-18,22,28,45,47H,2,8-10,13-15,19-20H2,3-5H3/t22-,28-,36?/m1/s1. The van der Waals surface area contributed by atoms with Crippen LogP contribution in [0, 0.1) is 24.0 Å². The van der Waals surface area contributed by atoms with Crippen molar-refractivity contribution >= 4 is 33.4 Å². The van der Waals surface area contributed by atoms with Gasteiger partial charge in [-0.3, -0.25) is 9.78 Å². The van der Waals surface area contributed by atoms with Gasteiger partial charge in [0.1, 0.15) is 35.2 Å². The van der Waals surface area contributed by atoms with Crippen LogP contribution in [0.5, 0.6) is 11.8 Å². The van der Waals surface area contributed by atoms with Crippen molar-refractivity contribution in [3.63, 3.8) is 0 Å². The summed E-state index contributed by atoms with van der Waals surface area (Å²) >= 11 is 0. The van der Waals surface area contributed by atoms with Crippen molar-refractivity contribution < 1.29 is 28.5 Å². The number of amides is 1. The van der Waals surface area contributed by atoms with Gasteiger partial charge in [-0.25, -0.2) is 8.78 Å². The molecule has 48 heavy (non-hydrogen) atoms. The topological polar surface area (TPSA) is 115 Å². The summed E-state index contributed by atoms with van der Waals surface area (Å²) in [4.78, 5) is 31.8. The molecule has 0 bridgehead atoms. The first kappa shape index (κ1) is 33.1. The minimum absolute atomic E-state index is 0.0623. The van der Waals surface area contributed by atoms with E-state index in [9.17, 15) is 19.4 Å². The lowest BCUT2D eigenvalue weighted by molar-refractivity contribution is -0.128. The fourth-order valence-corrected chi connectivity index (χ4v) is 6.87. The molecule has 12 heteroatoms. The lowest BCUT2D eigenvalue weighted by atomic mass is 9.95. The second kappa shape index (κ2) is 13.0. The van der Waals surface area contributed by atoms with Gasteiger partial charge in [-0.2, -0.15) is 9.97 Å². The molecule has 10 nitrogen and oxygen atoms in total. The van der Waals surface area contributed by atoms with E-state index in [-0.39, 0.29) is 75.8 Å². The molecule has 0 aliphatic carbocycles. The molecule has 0 radical (unpaired) electrons. The van der Waals surface area contributed by atoms with Crippen LogP contribution in [0.15, 0.2) is 43.1 Å². The first-order valence-corrected chi connectivity index (χ1v) is 15.9. The van der Waals surface area contributed by atoms with Gasteiger partial charge in [-0.1, -0.05) is 25.0 Å². The number of likely N-dealkylation sites (tertiary alicyclic amines) is 2. The zero-order chi connectivity index (χ0) is 34.3. The number of nitrogens with zero attached hydrogens (tertiary/aromatic N) is 6. The monoisotopic (exact) mass is 656 g/mol. The summed E-state index contributed by atoms with van der Waals surface area (Å²) in [6.07, 6.45) is 11.8. The highest BCUT2D eigenvalue weighted by Crippen LogP contribution is 2.39. The number of terminal acetylenes is 1. The van der Waals surface area contributed by atoms with Gasteiger partial charge in [0, 0.05) is 43.3 Å². The number of fused-ring (bicyclic) bond motifs is 2. The van der Waals surface area contributed by atoms with Crippen LogP contribution in [0.1, 0.15) is 38.2 Å². The van der Waals surface area contributed by atoms with Gasteiger partial charge >= 0.3 is 6.01 Å². The van der Waals surface area contributed by atoms with Gasteiger partial charge in [0.15, 0.2) is 5.82 Å². The lowest BCUT2D eigenvalue weighted by Gasteiger charge is -2.35. The van der Waals surface area contributed by atoms with Crippen molar-refractivity contribution in [1.82, 2.24) is 24.8 Å². The van der Waals surface area contributed by atoms with E-state index in [1.165, 1.54) is 36.5 Å². The van der Waals surface area contributed by atoms with E-state index in [4.69, 9.17) is 11.2 Å². The van der Waals surface area contributed by atoms with Gasteiger partial charge < -0.3 is 29.6 Å². The molecule has 250 valence electrons. The SMILES string of the molecule is C#Cc1c(F)ccc2cc(O)cc(-c3ncc4c(N(C)C[C@H]5N(C(=O)C=C)CCC5(C)O)nc(OC[C@H]5CCCCN5C)nc4c3F)c12. The first-order valence-electron chi connectivity index (χ1n) is 15.9. The molecule has 3 atom stereocenters. The molecule has 0 spiro atoms. The Hall–Kier alpha value is -4.86. The number of rotatable bonds is 8. The van der Waals surface area contributed by atoms with Gasteiger partial charge in [-0.05, 0) is 69.4 Å². The number of phenolic OH excluding ortho intramolecular Hbond substituents is 1. The number of anilines is 1. The van der Waals surface area contributed by atoms with Crippen LogP contribution in [0.4, 0.5) is 14.6 Å². The molecule has 0 saturated carbocycles. The number of carbonyl (C=O) groups is 1. The Balaban J connectivity index is 1.49. The zero-order valence-electron chi connectivity index (χ0n) is 27.2. The number of carbonyl (C=O) groups excluding carboxylic acids is 1. The van der Waals surface area contributed by atoms with Crippen molar-refractivity contribution in [1.29, 1.82) is 0 Å². The molecule has 2 aromatic heterocycles. The third-order valence-corrected chi connectivity index (χ3v) is 9.64. The van der Waals surface area contributed by atoms with Crippen LogP contribution in [0.2, 0.25) is 0 Å². The average Bonchev–Trinajstić information content (AvgIpc) is 3.36. The number of aromatic nitrogens is 3. The number of aliphatic hydroxyl groups is 1. The van der Waals surface area contributed by atoms with Gasteiger partial charge in [0.25, 0.3) is 0 Å². The van der Waals surface area contributed by atoms with Crippen molar-refractivity contribution in [3.05, 3.63) is 60.3 Å². The Kier molecular flexibility index (Phi) is 8.94. The van der Waals surface area contributed by atoms with Crippen LogP contribution >= 0.6 is 0 Å². The zero-order valence-corrected chi connectivity index (χ0v) is 27.2. The predicted molar refractivity (Wildman–Crippen MR) is 180 cm³/mol. The molecule has 4 aromatic rings. The first-order chi connectivity index (χ1) is 22.9. The number of pyridine rings is 1. The fraction of sp³-hybridized carbons (Fsp3) is 0.389. The van der Waals surface area contributed by atoms with Crippen molar-refractivity contribution in [2.24, 2.45) is 0 Å². The average molecular weight is 657 g/mol. The highest BCUT2D eigenvalue weighted by Gasteiger charge is 2.44. The smallest absolute Gasteiger partial charge is 0.319 e. The molecule has 2 fully saturated rings. The Bertz CT molecular complexity index is 1960. The van der Waals surface area contributed by atoms with E-state index < -0.39 is 23.3 Å². The highest BCUT2D eigenvalue weighted by atomic mass is 19.1. The minimum atomic E-state index is -1.20. The van der Waals surface area contributed by atoms with Crippen molar-refractivity contribution in [2.75, 3.05) is 45.2 Å². The maximum absolute atomic E-state index is 16.8. The van der Waals surface area contributed by atoms with E-state index in [0.717, 1.165) is 25.8 Å². The third-order valence-electron chi connectivity index (χ3n) is 9.64. The summed E-state index contributed by atoms with van der Waals surface area (Å²) in [7, 11) is 3.75. The van der Waals surface area contributed by atoms with E-state index >= 15 is 4.39 Å². The Labute approximate surface area is 277 Å². The van der Waals surface area contributed by atoms with Crippen LogP contribution in [-0.2, 0) is 4.79 Å². The number of benzene rings is 2. The summed E-state index contributed by atoms with van der Waals surface area (Å²) in [5.74, 6) is 0.617. The van der Waals surface area contributed by atoms with E-state index in [1.807, 2.05) is 7.05 Å². The summed E-state index contributed by atoms with van der Waals surface area (Å²) < 4.78 is 37.8. The maximum Gasteiger partial charge on any atom is 0.319 e. The van der Waals surface area contributed by atoms with Crippen molar-refractivity contribution in [2.45, 2.75) is 50.3 Å². The number of hydrogen-bond acceptors (Lipinski definition) is 9. The number of halogens is 2. The highest BCUT2D eigenvalue weighted by molar-refractivity contribution is 6.03. The van der Waals surface area contributed by atoms with Crippen molar-refractivity contribution in [3.8, 4) is 35.4 Å². The second-order valence-electron chi connectivity index (χ2n) is 12.9. The third kappa shape index (κ3) is 6.00. The largest absolute Gasteiger partial charge is 0.508 e. The molecule has 4 heterocycles. The summed E-state index contributed by atoms with van der Waals surface area (Å²) in [6.45, 7) is 6.99. The Morgan fingerprint density at radius 3 is 2.79 bits per heavy atom. The molecule has 2 saturated heterocycles. The number of aromatic hydroxyl groups is 1. The number of likely N-dealkylation sites (N-methyl/N-ethyl adjacent to an activating group) is 2. The molecular weight excluding hydrogens is 618 g/mol. The molecule has 2 N–H and O–H groups in total. The van der Waals surface area contributed by atoms with Crippen LogP contribution in [0.25, 0.3) is 32.9 Å². The second-order valence-corrected chi connectivity index (χ2v) is 12.9. The van der Waals surface area contributed by atoms with Crippen LogP contribution < -0.4 is 9.64 Å². The van der Waals surface area contributed by atoms with E-state index in [2.05, 4.69) is 32.4 Å². The minimum Gasteiger partial charge on any atom is -0.508 e. The quantitative estimate of drug-likeness (QED) is 0.207. The fourth-order valence-electron chi connectivity index (χ4n) is 6.87. The summed E-state index contributed by atoms with van der Waals surface area (Å²) in [5.41, 5.74) is -1.50.